The number of carbonyl (C=O) groups is 3. The van der Waals surface area contributed by atoms with Gasteiger partial charge in [-0.2, -0.15) is 0 Å². The number of ether oxygens (including phenoxy) is 1. The van der Waals surface area contributed by atoms with Crippen LogP contribution >= 0.6 is 0 Å². The van der Waals surface area contributed by atoms with Gasteiger partial charge in [0.05, 0.1) is 5.69 Å². The summed E-state index contributed by atoms with van der Waals surface area (Å²) in [5.74, 6) is -2.08. The lowest BCUT2D eigenvalue weighted by atomic mass is 10.2. The minimum Gasteiger partial charge on any atom is -0.447 e. The van der Waals surface area contributed by atoms with E-state index in [1.807, 2.05) is 0 Å². The average Bonchev–Trinajstić information content (AvgIpc) is 2.99. The lowest BCUT2D eigenvalue weighted by Crippen LogP contribution is -2.46. The number of nitrogens with zero attached hydrogens (tertiary/aromatic N) is 1. The van der Waals surface area contributed by atoms with Crippen LogP contribution in [0.5, 0.6) is 0 Å². The third-order valence-electron chi connectivity index (χ3n) is 2.82. The van der Waals surface area contributed by atoms with Crippen molar-refractivity contribution in [3.8, 4) is 0 Å². The summed E-state index contributed by atoms with van der Waals surface area (Å²) in [7, 11) is 0. The summed E-state index contributed by atoms with van der Waals surface area (Å²) in [4.78, 5) is 35.3. The number of rotatable bonds is 4. The molecule has 1 aromatic carbocycles. The molecule has 0 saturated heterocycles. The van der Waals surface area contributed by atoms with Crippen molar-refractivity contribution in [1.82, 2.24) is 16.0 Å². The van der Waals surface area contributed by atoms with Crippen LogP contribution in [0, 0.1) is 6.92 Å². The number of hydrazine groups is 1. The summed E-state index contributed by atoms with van der Waals surface area (Å²) in [6.45, 7) is 3.01. The van der Waals surface area contributed by atoms with E-state index in [4.69, 9.17) is 9.26 Å². The number of hydrogen-bond acceptors (Lipinski definition) is 6. The van der Waals surface area contributed by atoms with Crippen molar-refractivity contribution in [2.24, 2.45) is 0 Å². The van der Waals surface area contributed by atoms with E-state index in [0.717, 1.165) is 0 Å². The highest BCUT2D eigenvalue weighted by Gasteiger charge is 2.22. The van der Waals surface area contributed by atoms with Crippen LogP contribution in [-0.4, -0.2) is 29.0 Å². The van der Waals surface area contributed by atoms with Crippen molar-refractivity contribution < 1.29 is 23.6 Å². The van der Waals surface area contributed by atoms with E-state index < -0.39 is 23.9 Å². The smallest absolute Gasteiger partial charge is 0.377 e. The molecule has 23 heavy (non-hydrogen) atoms. The molecule has 1 heterocycles. The maximum atomic E-state index is 11.8. The lowest BCUT2D eigenvalue weighted by Gasteiger charge is -2.13. The van der Waals surface area contributed by atoms with Crippen molar-refractivity contribution >= 4 is 17.8 Å². The molecule has 2 N–H and O–H groups in total. The monoisotopic (exact) mass is 317 g/mol. The van der Waals surface area contributed by atoms with Gasteiger partial charge in [0.1, 0.15) is 0 Å². The van der Waals surface area contributed by atoms with Crippen LogP contribution in [0.25, 0.3) is 0 Å². The Labute approximate surface area is 131 Å². The van der Waals surface area contributed by atoms with Crippen LogP contribution in [-0.2, 0) is 9.53 Å². The van der Waals surface area contributed by atoms with E-state index in [0.29, 0.717) is 11.3 Å². The number of nitrogens with one attached hydrogen (secondary N) is 2. The number of benzene rings is 1. The Kier molecular flexibility index (Phi) is 5.08. The molecule has 0 radical (unpaired) electrons. The zero-order valence-corrected chi connectivity index (χ0v) is 12.5. The molecule has 2 aromatic rings. The zero-order valence-electron chi connectivity index (χ0n) is 12.5. The molecule has 1 atom stereocenters. The molecule has 0 aliphatic rings. The molecule has 0 aliphatic heterocycles. The number of aryl methyl sites for hydroxylation is 1. The van der Waals surface area contributed by atoms with Gasteiger partial charge in [0.25, 0.3) is 11.8 Å². The van der Waals surface area contributed by atoms with Gasteiger partial charge in [0.15, 0.2) is 6.10 Å². The van der Waals surface area contributed by atoms with E-state index in [2.05, 4.69) is 16.0 Å². The molecular formula is C15H15N3O5. The van der Waals surface area contributed by atoms with Gasteiger partial charge in [-0.3, -0.25) is 20.4 Å². The number of amides is 2. The standard InChI is InChI=1S/C15H15N3O5/c1-9-8-12(23-18-9)15(21)22-10(2)13(19)16-17-14(20)11-6-4-3-5-7-11/h3-8,10H,1-2H3,(H,16,19)(H,17,20)/t10-/m0/s1. The Morgan fingerprint density at radius 3 is 2.48 bits per heavy atom. The van der Waals surface area contributed by atoms with E-state index >= 15 is 0 Å². The quantitative estimate of drug-likeness (QED) is 0.642. The molecule has 0 bridgehead atoms. The highest BCUT2D eigenvalue weighted by molar-refractivity contribution is 5.96. The molecule has 1 aromatic heterocycles. The van der Waals surface area contributed by atoms with Crippen LogP contribution in [0.3, 0.4) is 0 Å². The van der Waals surface area contributed by atoms with Crippen LogP contribution in [0.15, 0.2) is 40.9 Å². The fraction of sp³-hybridized carbons (Fsp3) is 0.200. The predicted molar refractivity (Wildman–Crippen MR) is 78.2 cm³/mol. The van der Waals surface area contributed by atoms with Gasteiger partial charge in [-0.15, -0.1) is 0 Å². The number of esters is 1. The van der Waals surface area contributed by atoms with Crippen molar-refractivity contribution in [2.45, 2.75) is 20.0 Å². The Hall–Kier alpha value is -3.16. The summed E-state index contributed by atoms with van der Waals surface area (Å²) in [6.07, 6.45) is -1.12. The second-order valence-corrected chi connectivity index (χ2v) is 4.69. The van der Waals surface area contributed by atoms with Gasteiger partial charge in [-0.25, -0.2) is 4.79 Å². The Morgan fingerprint density at radius 2 is 1.87 bits per heavy atom. The van der Waals surface area contributed by atoms with E-state index in [-0.39, 0.29) is 5.76 Å². The minimum atomic E-state index is -1.12. The number of aromatic nitrogens is 1. The molecule has 8 nitrogen and oxygen atoms in total. The molecule has 2 amide bonds. The summed E-state index contributed by atoms with van der Waals surface area (Å²) in [6, 6.07) is 9.74. The van der Waals surface area contributed by atoms with Crippen LogP contribution < -0.4 is 10.9 Å². The first kappa shape index (κ1) is 16.2. The normalized spacial score (nSPS) is 11.4. The van der Waals surface area contributed by atoms with E-state index in [1.165, 1.54) is 13.0 Å². The van der Waals surface area contributed by atoms with Gasteiger partial charge in [0, 0.05) is 11.6 Å². The third-order valence-corrected chi connectivity index (χ3v) is 2.82. The maximum Gasteiger partial charge on any atom is 0.377 e. The van der Waals surface area contributed by atoms with Crippen LogP contribution in [0.2, 0.25) is 0 Å². The lowest BCUT2D eigenvalue weighted by molar-refractivity contribution is -0.129. The van der Waals surface area contributed by atoms with Gasteiger partial charge < -0.3 is 9.26 Å². The first-order valence-electron chi connectivity index (χ1n) is 6.77. The third kappa shape index (κ3) is 4.40. The highest BCUT2D eigenvalue weighted by Crippen LogP contribution is 2.06. The molecule has 0 saturated carbocycles. The molecular weight excluding hydrogens is 302 g/mol. The van der Waals surface area contributed by atoms with Crippen molar-refractivity contribution in [1.29, 1.82) is 0 Å². The van der Waals surface area contributed by atoms with Crippen LogP contribution in [0.1, 0.15) is 33.5 Å². The molecule has 2 rings (SSSR count). The zero-order chi connectivity index (χ0) is 16.8. The SMILES string of the molecule is Cc1cc(C(=O)O[C@@H](C)C(=O)NNC(=O)c2ccccc2)on1. The second kappa shape index (κ2) is 7.21. The Balaban J connectivity index is 1.83. The minimum absolute atomic E-state index is 0.101. The Bertz CT molecular complexity index is 711. The van der Waals surface area contributed by atoms with Gasteiger partial charge in [0.2, 0.25) is 5.76 Å². The molecule has 0 spiro atoms. The molecule has 0 fully saturated rings. The second-order valence-electron chi connectivity index (χ2n) is 4.69. The topological polar surface area (TPSA) is 111 Å². The van der Waals surface area contributed by atoms with E-state index in [1.54, 1.807) is 37.3 Å². The average molecular weight is 317 g/mol. The van der Waals surface area contributed by atoms with Gasteiger partial charge >= 0.3 is 5.97 Å². The largest absolute Gasteiger partial charge is 0.447 e. The highest BCUT2D eigenvalue weighted by atomic mass is 16.6. The summed E-state index contributed by atoms with van der Waals surface area (Å²) < 4.78 is 9.65. The van der Waals surface area contributed by atoms with Crippen LogP contribution in [0.4, 0.5) is 0 Å². The van der Waals surface area contributed by atoms with Gasteiger partial charge in [-0.1, -0.05) is 23.4 Å². The first-order chi connectivity index (χ1) is 11.0. The van der Waals surface area contributed by atoms with E-state index in [9.17, 15) is 14.4 Å². The predicted octanol–water partition coefficient (Wildman–Crippen LogP) is 0.990. The summed E-state index contributed by atoms with van der Waals surface area (Å²) in [5.41, 5.74) is 5.31. The van der Waals surface area contributed by atoms with Gasteiger partial charge in [-0.05, 0) is 26.0 Å². The fourth-order valence-corrected chi connectivity index (χ4v) is 1.61. The summed E-state index contributed by atoms with van der Waals surface area (Å²) in [5, 5.41) is 3.55. The van der Waals surface area contributed by atoms with Crippen molar-refractivity contribution in [3.05, 3.63) is 53.4 Å². The Morgan fingerprint density at radius 1 is 1.17 bits per heavy atom. The molecule has 0 aliphatic carbocycles. The number of hydrogen-bond donors (Lipinski definition) is 2. The maximum absolute atomic E-state index is 11.8. The van der Waals surface area contributed by atoms with Crippen molar-refractivity contribution in [2.75, 3.05) is 0 Å². The molecule has 120 valence electrons. The summed E-state index contributed by atoms with van der Waals surface area (Å²) >= 11 is 0. The first-order valence-corrected chi connectivity index (χ1v) is 6.77. The molecule has 0 unspecified atom stereocenters. The molecule has 8 heteroatoms. The van der Waals surface area contributed by atoms with Crippen molar-refractivity contribution in [3.63, 3.8) is 0 Å². The fourth-order valence-electron chi connectivity index (χ4n) is 1.61. The number of carbonyl (C=O) groups excluding carboxylic acids is 3.